The molecular weight excluding hydrogens is 256 g/mol. The maximum atomic E-state index is 11.8. The molecule has 1 atom stereocenters. The number of aliphatic hydroxyl groups excluding tert-OH is 1. The van der Waals surface area contributed by atoms with Gasteiger partial charge in [0.25, 0.3) is 0 Å². The first-order valence-corrected chi connectivity index (χ1v) is 6.63. The number of anilines is 1. The number of hydrogen-bond donors (Lipinski definition) is 3. The number of benzene rings is 1. The van der Waals surface area contributed by atoms with Crippen molar-refractivity contribution >= 4 is 11.7 Å². The van der Waals surface area contributed by atoms with Gasteiger partial charge in [0, 0.05) is 24.3 Å². The third-order valence-electron chi connectivity index (χ3n) is 2.85. The number of ether oxygens (including phenoxy) is 1. The van der Waals surface area contributed by atoms with Gasteiger partial charge in [0.15, 0.2) is 0 Å². The molecule has 0 aliphatic carbocycles. The first-order chi connectivity index (χ1) is 9.78. The summed E-state index contributed by atoms with van der Waals surface area (Å²) in [6, 6.07) is 7.15. The smallest absolute Gasteiger partial charge is 0.319 e. The predicted molar refractivity (Wildman–Crippen MR) is 76.4 cm³/mol. The molecule has 5 heteroatoms. The van der Waals surface area contributed by atoms with E-state index in [2.05, 4.69) is 22.5 Å². The van der Waals surface area contributed by atoms with Gasteiger partial charge in [-0.1, -0.05) is 17.9 Å². The number of hydrogen-bond acceptors (Lipinski definition) is 3. The zero-order valence-electron chi connectivity index (χ0n) is 11.2. The van der Waals surface area contributed by atoms with E-state index in [1.165, 1.54) is 0 Å². The fourth-order valence-electron chi connectivity index (χ4n) is 1.90. The number of rotatable bonds is 3. The second-order valence-electron chi connectivity index (χ2n) is 4.52. The van der Waals surface area contributed by atoms with E-state index < -0.39 is 0 Å². The highest BCUT2D eigenvalue weighted by Crippen LogP contribution is 2.10. The van der Waals surface area contributed by atoms with Gasteiger partial charge < -0.3 is 20.5 Å². The van der Waals surface area contributed by atoms with Crippen LogP contribution >= 0.6 is 0 Å². The van der Waals surface area contributed by atoms with Crippen molar-refractivity contribution < 1.29 is 14.6 Å². The normalized spacial score (nSPS) is 17.1. The van der Waals surface area contributed by atoms with Crippen molar-refractivity contribution in [2.75, 3.05) is 25.1 Å². The van der Waals surface area contributed by atoms with Crippen LogP contribution in [-0.2, 0) is 4.74 Å². The van der Waals surface area contributed by atoms with Gasteiger partial charge >= 0.3 is 6.03 Å². The summed E-state index contributed by atoms with van der Waals surface area (Å²) in [5.41, 5.74) is 1.50. The van der Waals surface area contributed by atoms with Crippen molar-refractivity contribution in [3.8, 4) is 11.8 Å². The molecule has 3 N–H and O–H groups in total. The van der Waals surface area contributed by atoms with Crippen LogP contribution in [0.4, 0.5) is 10.5 Å². The zero-order valence-corrected chi connectivity index (χ0v) is 11.2. The highest BCUT2D eigenvalue weighted by molar-refractivity contribution is 5.89. The third-order valence-corrected chi connectivity index (χ3v) is 2.85. The molecular formula is C15H18N2O3. The molecule has 0 spiro atoms. The monoisotopic (exact) mass is 274 g/mol. The van der Waals surface area contributed by atoms with Crippen LogP contribution in [0.15, 0.2) is 24.3 Å². The topological polar surface area (TPSA) is 70.6 Å². The van der Waals surface area contributed by atoms with E-state index >= 15 is 0 Å². The lowest BCUT2D eigenvalue weighted by molar-refractivity contribution is 0.189. The van der Waals surface area contributed by atoms with E-state index in [0.29, 0.717) is 25.3 Å². The Balaban J connectivity index is 1.90. The van der Waals surface area contributed by atoms with Gasteiger partial charge in [0.05, 0.1) is 19.3 Å². The number of nitrogens with one attached hydrogen (secondary N) is 2. The minimum absolute atomic E-state index is 0.0524. The van der Waals surface area contributed by atoms with E-state index in [1.54, 1.807) is 6.07 Å². The van der Waals surface area contributed by atoms with Crippen LogP contribution in [0.2, 0.25) is 0 Å². The van der Waals surface area contributed by atoms with Crippen LogP contribution in [-0.4, -0.2) is 37.0 Å². The summed E-state index contributed by atoms with van der Waals surface area (Å²) in [7, 11) is 0. The molecule has 1 aliphatic heterocycles. The van der Waals surface area contributed by atoms with Crippen molar-refractivity contribution in [3.05, 3.63) is 29.8 Å². The molecule has 0 radical (unpaired) electrons. The van der Waals surface area contributed by atoms with Crippen molar-refractivity contribution in [1.29, 1.82) is 0 Å². The van der Waals surface area contributed by atoms with Gasteiger partial charge in [0.2, 0.25) is 0 Å². The lowest BCUT2D eigenvalue weighted by Crippen LogP contribution is -2.38. The average Bonchev–Trinajstić information content (AvgIpc) is 2.92. The summed E-state index contributed by atoms with van der Waals surface area (Å²) in [5.74, 6) is 5.78. The largest absolute Gasteiger partial charge is 0.395 e. The summed E-state index contributed by atoms with van der Waals surface area (Å²) < 4.78 is 5.20. The molecule has 0 aromatic heterocycles. The molecule has 2 amide bonds. The Hall–Kier alpha value is -2.03. The fourth-order valence-corrected chi connectivity index (χ4v) is 1.90. The van der Waals surface area contributed by atoms with Crippen molar-refractivity contribution in [2.24, 2.45) is 0 Å². The molecule has 1 aliphatic rings. The Morgan fingerprint density at radius 2 is 2.40 bits per heavy atom. The Labute approximate surface area is 118 Å². The molecule has 5 nitrogen and oxygen atoms in total. The predicted octanol–water partition coefficient (Wildman–Crippen LogP) is 1.33. The maximum absolute atomic E-state index is 11.8. The minimum Gasteiger partial charge on any atom is -0.395 e. The van der Waals surface area contributed by atoms with Crippen LogP contribution in [0.5, 0.6) is 0 Å². The van der Waals surface area contributed by atoms with Crippen LogP contribution < -0.4 is 10.6 Å². The van der Waals surface area contributed by atoms with Crippen molar-refractivity contribution in [3.63, 3.8) is 0 Å². The summed E-state index contributed by atoms with van der Waals surface area (Å²) >= 11 is 0. The van der Waals surface area contributed by atoms with Crippen LogP contribution in [0, 0.1) is 11.8 Å². The maximum Gasteiger partial charge on any atom is 0.319 e. The Morgan fingerprint density at radius 1 is 1.50 bits per heavy atom. The molecule has 1 aromatic rings. The third kappa shape index (κ3) is 4.57. The first kappa shape index (κ1) is 14.4. The highest BCUT2D eigenvalue weighted by Gasteiger charge is 2.17. The quantitative estimate of drug-likeness (QED) is 0.728. The first-order valence-electron chi connectivity index (χ1n) is 6.63. The van der Waals surface area contributed by atoms with Crippen molar-refractivity contribution in [1.82, 2.24) is 5.32 Å². The standard InChI is InChI=1S/C15H18N2O3/c18-8-2-1-4-12-5-3-6-13(10-12)16-15(19)17-14-7-9-20-11-14/h3,5-6,10,14,18H,2,7-9,11H2,(H2,16,17,19). The average molecular weight is 274 g/mol. The number of carbonyl (C=O) groups excluding carboxylic acids is 1. The minimum atomic E-state index is -0.235. The number of amides is 2. The molecule has 106 valence electrons. The molecule has 1 saturated heterocycles. The summed E-state index contributed by atoms with van der Waals surface area (Å²) in [6.45, 7) is 1.32. The van der Waals surface area contributed by atoms with Crippen LogP contribution in [0.25, 0.3) is 0 Å². The summed E-state index contributed by atoms with van der Waals surface area (Å²) in [4.78, 5) is 11.8. The van der Waals surface area contributed by atoms with Gasteiger partial charge in [-0.2, -0.15) is 0 Å². The van der Waals surface area contributed by atoms with Gasteiger partial charge in [-0.25, -0.2) is 4.79 Å². The zero-order chi connectivity index (χ0) is 14.2. The van der Waals surface area contributed by atoms with E-state index in [4.69, 9.17) is 9.84 Å². The molecule has 1 aromatic carbocycles. The van der Waals surface area contributed by atoms with E-state index in [-0.39, 0.29) is 18.7 Å². The number of aliphatic hydroxyl groups is 1. The SMILES string of the molecule is O=C(Nc1cccc(C#CCCO)c1)NC1CCOC1. The Morgan fingerprint density at radius 3 is 3.15 bits per heavy atom. The summed E-state index contributed by atoms with van der Waals surface area (Å²) in [6.07, 6.45) is 1.29. The van der Waals surface area contributed by atoms with Gasteiger partial charge in [0.1, 0.15) is 0 Å². The second kappa shape index (κ2) is 7.53. The lowest BCUT2D eigenvalue weighted by Gasteiger charge is -2.11. The Bertz CT molecular complexity index is 513. The van der Waals surface area contributed by atoms with E-state index in [9.17, 15) is 4.79 Å². The fraction of sp³-hybridized carbons (Fsp3) is 0.400. The molecule has 0 saturated carbocycles. The van der Waals surface area contributed by atoms with E-state index in [1.807, 2.05) is 18.2 Å². The number of urea groups is 1. The molecule has 1 heterocycles. The van der Waals surface area contributed by atoms with Gasteiger partial charge in [-0.15, -0.1) is 0 Å². The van der Waals surface area contributed by atoms with Crippen LogP contribution in [0.1, 0.15) is 18.4 Å². The molecule has 2 rings (SSSR count). The molecule has 0 bridgehead atoms. The summed E-state index contributed by atoms with van der Waals surface area (Å²) in [5, 5.41) is 14.3. The Kier molecular flexibility index (Phi) is 5.42. The van der Waals surface area contributed by atoms with Gasteiger partial charge in [-0.05, 0) is 24.6 Å². The van der Waals surface area contributed by atoms with Crippen LogP contribution in [0.3, 0.4) is 0 Å². The number of carbonyl (C=O) groups is 1. The lowest BCUT2D eigenvalue weighted by atomic mass is 10.2. The molecule has 1 fully saturated rings. The molecule has 1 unspecified atom stereocenters. The highest BCUT2D eigenvalue weighted by atomic mass is 16.5. The van der Waals surface area contributed by atoms with Crippen molar-refractivity contribution in [2.45, 2.75) is 18.9 Å². The second-order valence-corrected chi connectivity index (χ2v) is 4.52. The molecule has 20 heavy (non-hydrogen) atoms. The van der Waals surface area contributed by atoms with Gasteiger partial charge in [-0.3, -0.25) is 0 Å². The van der Waals surface area contributed by atoms with E-state index in [0.717, 1.165) is 12.0 Å².